The van der Waals surface area contributed by atoms with Gasteiger partial charge in [-0.25, -0.2) is 18.2 Å². The fraction of sp³-hybridized carbons (Fsp3) is 0.273. The Labute approximate surface area is 282 Å². The van der Waals surface area contributed by atoms with Gasteiger partial charge in [0.1, 0.15) is 27.4 Å². The molecule has 0 saturated heterocycles. The van der Waals surface area contributed by atoms with E-state index >= 15 is 0 Å². The average molecular weight is 692 g/mol. The molecule has 252 valence electrons. The van der Waals surface area contributed by atoms with Crippen LogP contribution < -0.4 is 32.0 Å². The molecule has 0 fully saturated rings. The van der Waals surface area contributed by atoms with E-state index in [9.17, 15) is 23.1 Å². The number of pyridine rings is 1. The Balaban J connectivity index is 1.36. The smallest absolute Gasteiger partial charge is 0.326 e. The van der Waals surface area contributed by atoms with E-state index in [0.717, 1.165) is 58.4 Å². The van der Waals surface area contributed by atoms with Crippen molar-refractivity contribution in [2.75, 3.05) is 23.6 Å². The highest BCUT2D eigenvalue weighted by atomic mass is 32.2. The highest BCUT2D eigenvalue weighted by Gasteiger charge is 2.30. The topological polar surface area (TPSA) is 225 Å². The SMILES string of the molecule is NC(N)=NCCC[C@H](NC(=O)c1sccc1NS(=O)(=O)c1cc(-c2ccccc2CCCc2ccc(N)nc2)cc2c1OCC2)C(=O)O. The minimum Gasteiger partial charge on any atom is -0.492 e. The summed E-state index contributed by atoms with van der Waals surface area (Å²) < 4.78 is 36.3. The first-order chi connectivity index (χ1) is 23.0. The molecule has 48 heavy (non-hydrogen) atoms. The second-order valence-electron chi connectivity index (χ2n) is 11.2. The number of aromatic nitrogens is 1. The van der Waals surface area contributed by atoms with Crippen LogP contribution in [0.25, 0.3) is 11.1 Å². The number of anilines is 2. The number of sulfonamides is 1. The fourth-order valence-corrected chi connectivity index (χ4v) is 7.57. The maximum absolute atomic E-state index is 14.0. The van der Waals surface area contributed by atoms with E-state index in [1.165, 1.54) is 6.07 Å². The first-order valence-electron chi connectivity index (χ1n) is 15.3. The number of carbonyl (C=O) groups excluding carboxylic acids is 1. The molecule has 13 nitrogen and oxygen atoms in total. The molecule has 4 aromatic rings. The molecule has 2 aromatic heterocycles. The average Bonchev–Trinajstić information content (AvgIpc) is 3.72. The molecular weight excluding hydrogens is 655 g/mol. The van der Waals surface area contributed by atoms with E-state index in [-0.39, 0.29) is 40.1 Å². The summed E-state index contributed by atoms with van der Waals surface area (Å²) in [4.78, 5) is 32.9. The van der Waals surface area contributed by atoms with Gasteiger partial charge in [0, 0.05) is 19.2 Å². The summed E-state index contributed by atoms with van der Waals surface area (Å²) in [5, 5.41) is 13.7. The van der Waals surface area contributed by atoms with E-state index in [2.05, 4.69) is 20.0 Å². The lowest BCUT2D eigenvalue weighted by Crippen LogP contribution is -2.40. The van der Waals surface area contributed by atoms with Crippen LogP contribution in [0.5, 0.6) is 5.75 Å². The number of thiophene rings is 1. The number of hydrogen-bond donors (Lipinski definition) is 6. The largest absolute Gasteiger partial charge is 0.492 e. The van der Waals surface area contributed by atoms with Crippen molar-refractivity contribution in [3.8, 4) is 16.9 Å². The van der Waals surface area contributed by atoms with Crippen molar-refractivity contribution in [1.29, 1.82) is 0 Å². The molecule has 0 unspecified atom stereocenters. The third-order valence-corrected chi connectivity index (χ3v) is 10.1. The highest BCUT2D eigenvalue weighted by Crippen LogP contribution is 2.39. The molecule has 0 saturated carbocycles. The number of aliphatic imine (C=N–C) groups is 1. The number of nitrogen functional groups attached to an aromatic ring is 1. The molecule has 9 N–H and O–H groups in total. The number of benzene rings is 2. The lowest BCUT2D eigenvalue weighted by molar-refractivity contribution is -0.139. The number of fused-ring (bicyclic) bond motifs is 1. The Kier molecular flexibility index (Phi) is 10.8. The first kappa shape index (κ1) is 34.2. The number of guanidine groups is 1. The van der Waals surface area contributed by atoms with Gasteiger partial charge < -0.3 is 32.4 Å². The molecule has 5 rings (SSSR count). The van der Waals surface area contributed by atoms with Crippen molar-refractivity contribution in [1.82, 2.24) is 10.3 Å². The van der Waals surface area contributed by atoms with Crippen LogP contribution in [0, 0.1) is 0 Å². The van der Waals surface area contributed by atoms with Crippen LogP contribution in [-0.2, 0) is 34.1 Å². The number of amides is 1. The van der Waals surface area contributed by atoms with E-state index < -0.39 is 27.9 Å². The quantitative estimate of drug-likeness (QED) is 0.0604. The Morgan fingerprint density at radius 1 is 1.08 bits per heavy atom. The Morgan fingerprint density at radius 2 is 1.90 bits per heavy atom. The van der Waals surface area contributed by atoms with Gasteiger partial charge in [0.15, 0.2) is 5.96 Å². The lowest BCUT2D eigenvalue weighted by Gasteiger charge is -2.16. The summed E-state index contributed by atoms with van der Waals surface area (Å²) in [6.45, 7) is 0.535. The van der Waals surface area contributed by atoms with Crippen molar-refractivity contribution < 1.29 is 27.9 Å². The number of ether oxygens (including phenoxy) is 1. The van der Waals surface area contributed by atoms with Gasteiger partial charge in [0.2, 0.25) is 0 Å². The first-order valence-corrected chi connectivity index (χ1v) is 17.7. The minimum atomic E-state index is -4.26. The van der Waals surface area contributed by atoms with Crippen LogP contribution in [0.15, 0.2) is 76.1 Å². The lowest BCUT2D eigenvalue weighted by atomic mass is 9.94. The number of carboxylic acid groups (broad SMARTS) is 1. The number of nitrogens with two attached hydrogens (primary N) is 3. The summed E-state index contributed by atoms with van der Waals surface area (Å²) >= 11 is 0.985. The monoisotopic (exact) mass is 691 g/mol. The Hall–Kier alpha value is -5.15. The summed E-state index contributed by atoms with van der Waals surface area (Å²) in [6.07, 6.45) is 5.12. The summed E-state index contributed by atoms with van der Waals surface area (Å²) in [5.41, 5.74) is 20.9. The molecule has 15 heteroatoms. The minimum absolute atomic E-state index is 0.0180. The molecule has 0 radical (unpaired) electrons. The van der Waals surface area contributed by atoms with Crippen molar-refractivity contribution in [3.05, 3.63) is 87.7 Å². The van der Waals surface area contributed by atoms with Crippen molar-refractivity contribution >= 4 is 50.7 Å². The molecule has 2 aromatic carbocycles. The predicted octanol–water partition coefficient (Wildman–Crippen LogP) is 3.54. The zero-order valence-corrected chi connectivity index (χ0v) is 27.6. The number of aliphatic carboxylic acids is 1. The third kappa shape index (κ3) is 8.41. The van der Waals surface area contributed by atoms with Gasteiger partial charge >= 0.3 is 5.97 Å². The summed E-state index contributed by atoms with van der Waals surface area (Å²) in [6, 6.07) is 15.4. The highest BCUT2D eigenvalue weighted by molar-refractivity contribution is 7.92. The molecule has 1 amide bonds. The van der Waals surface area contributed by atoms with E-state index in [1.807, 2.05) is 36.4 Å². The van der Waals surface area contributed by atoms with Crippen LogP contribution >= 0.6 is 11.3 Å². The van der Waals surface area contributed by atoms with Crippen molar-refractivity contribution in [2.45, 2.75) is 49.5 Å². The molecular formula is C33H37N7O6S2. The molecule has 3 heterocycles. The molecule has 0 bridgehead atoms. The summed E-state index contributed by atoms with van der Waals surface area (Å²) in [5.74, 6) is -1.33. The number of aryl methyl sites for hydroxylation is 2. The van der Waals surface area contributed by atoms with Gasteiger partial charge in [0.05, 0.1) is 12.3 Å². The van der Waals surface area contributed by atoms with Gasteiger partial charge in [-0.3, -0.25) is 14.5 Å². The van der Waals surface area contributed by atoms with Gasteiger partial charge in [0.25, 0.3) is 15.9 Å². The van der Waals surface area contributed by atoms with Crippen LogP contribution in [0.3, 0.4) is 0 Å². The zero-order valence-electron chi connectivity index (χ0n) is 26.0. The van der Waals surface area contributed by atoms with E-state index in [0.29, 0.717) is 25.3 Å². The number of carbonyl (C=O) groups is 2. The fourth-order valence-electron chi connectivity index (χ4n) is 5.46. The van der Waals surface area contributed by atoms with Crippen LogP contribution in [0.2, 0.25) is 0 Å². The van der Waals surface area contributed by atoms with E-state index in [1.54, 1.807) is 23.7 Å². The van der Waals surface area contributed by atoms with Crippen molar-refractivity contribution in [2.24, 2.45) is 16.5 Å². The molecule has 1 aliphatic rings. The number of hydrogen-bond acceptors (Lipinski definition) is 9. The van der Waals surface area contributed by atoms with E-state index in [4.69, 9.17) is 21.9 Å². The Bertz CT molecular complexity index is 1920. The number of nitrogens with one attached hydrogen (secondary N) is 2. The van der Waals surface area contributed by atoms with Gasteiger partial charge in [-0.1, -0.05) is 30.3 Å². The third-order valence-electron chi connectivity index (χ3n) is 7.79. The molecule has 1 aliphatic heterocycles. The predicted molar refractivity (Wildman–Crippen MR) is 186 cm³/mol. The number of rotatable bonds is 15. The standard InChI is InChI=1S/C33H37N7O6S2/c34-28-11-10-20(19-38-28)5-3-7-21-6-1-2-8-24(21)23-17-22-12-15-46-29(22)27(18-23)48(44,45)40-25-13-16-47-30(25)31(41)39-26(32(42)43)9-4-14-37-33(35)36/h1-2,6,8,10-11,13,16-19,26,40H,3-5,7,9,12,14-15H2,(H2,34,38)(H,39,41)(H,42,43)(H4,35,36,37)/t26-/m0/s1. The molecule has 1 atom stereocenters. The molecule has 0 aliphatic carbocycles. The second kappa shape index (κ2) is 15.2. The summed E-state index contributed by atoms with van der Waals surface area (Å²) in [7, 11) is -4.26. The number of nitrogens with zero attached hydrogens (tertiary/aromatic N) is 2. The van der Waals surface area contributed by atoms with Crippen LogP contribution in [0.4, 0.5) is 11.5 Å². The van der Waals surface area contributed by atoms with Crippen molar-refractivity contribution in [3.63, 3.8) is 0 Å². The maximum atomic E-state index is 14.0. The number of carboxylic acids is 1. The van der Waals surface area contributed by atoms with Gasteiger partial charge in [-0.2, -0.15) is 0 Å². The normalized spacial score (nSPS) is 12.8. The van der Waals surface area contributed by atoms with Gasteiger partial charge in [-0.15, -0.1) is 11.3 Å². The molecule has 0 spiro atoms. The van der Waals surface area contributed by atoms with Crippen LogP contribution in [-0.4, -0.2) is 55.5 Å². The maximum Gasteiger partial charge on any atom is 0.326 e. The Morgan fingerprint density at radius 3 is 2.65 bits per heavy atom. The second-order valence-corrected chi connectivity index (χ2v) is 13.8. The zero-order chi connectivity index (χ0) is 34.3. The van der Waals surface area contributed by atoms with Crippen LogP contribution in [0.1, 0.15) is 45.6 Å². The van der Waals surface area contributed by atoms with Gasteiger partial charge in [-0.05, 0) is 89.6 Å².